The van der Waals surface area contributed by atoms with Gasteiger partial charge in [0.05, 0.1) is 24.0 Å². The highest BCUT2D eigenvalue weighted by Gasteiger charge is 2.42. The fourth-order valence-electron chi connectivity index (χ4n) is 4.56. The Morgan fingerprint density at radius 3 is 2.46 bits per heavy atom. The van der Waals surface area contributed by atoms with Crippen LogP contribution in [0.25, 0.3) is 0 Å². The van der Waals surface area contributed by atoms with Gasteiger partial charge in [-0.3, -0.25) is 4.79 Å². The van der Waals surface area contributed by atoms with Gasteiger partial charge in [-0.25, -0.2) is 0 Å². The number of para-hydroxylation sites is 2. The first kappa shape index (κ1) is 24.6. The van der Waals surface area contributed by atoms with Crippen molar-refractivity contribution >= 4 is 17.3 Å². The maximum atomic E-state index is 13.4. The summed E-state index contributed by atoms with van der Waals surface area (Å²) in [6, 6.07) is 21.8. The van der Waals surface area contributed by atoms with E-state index < -0.39 is 24.9 Å². The van der Waals surface area contributed by atoms with E-state index in [2.05, 4.69) is 16.3 Å². The highest BCUT2D eigenvalue weighted by molar-refractivity contribution is 5.94. The molecule has 1 heterocycles. The van der Waals surface area contributed by atoms with E-state index in [-0.39, 0.29) is 5.91 Å². The zero-order valence-electron chi connectivity index (χ0n) is 19.6. The number of alkyl halides is 3. The molecule has 2 N–H and O–H groups in total. The van der Waals surface area contributed by atoms with Gasteiger partial charge in [0, 0.05) is 25.7 Å². The summed E-state index contributed by atoms with van der Waals surface area (Å²) in [6.07, 6.45) is -7.26. The number of aryl methyl sites for hydroxylation is 1. The van der Waals surface area contributed by atoms with Crippen LogP contribution in [-0.4, -0.2) is 43.4 Å². The van der Waals surface area contributed by atoms with Crippen LogP contribution in [0.15, 0.2) is 72.8 Å². The number of hydrogen-bond donors (Lipinski definition) is 2. The Labute approximate surface area is 202 Å². The molecule has 0 bridgehead atoms. The second-order valence-electron chi connectivity index (χ2n) is 8.79. The number of nitrogens with one attached hydrogen (secondary N) is 1. The summed E-state index contributed by atoms with van der Waals surface area (Å²) in [4.78, 5) is 16.0. The molecule has 1 amide bonds. The van der Waals surface area contributed by atoms with Gasteiger partial charge < -0.3 is 20.2 Å². The Bertz CT molecular complexity index is 1200. The molecular formula is C27H28F3N3O2. The first-order valence-electron chi connectivity index (χ1n) is 11.4. The number of rotatable bonds is 6. The van der Waals surface area contributed by atoms with Crippen molar-refractivity contribution in [3.05, 3.63) is 95.1 Å². The number of benzene rings is 3. The topological polar surface area (TPSA) is 55.8 Å². The monoisotopic (exact) mass is 483 g/mol. The van der Waals surface area contributed by atoms with Crippen LogP contribution in [0.3, 0.4) is 0 Å². The number of aliphatic hydroxyl groups is 1. The maximum absolute atomic E-state index is 13.4. The summed E-state index contributed by atoms with van der Waals surface area (Å²) in [5.74, 6) is -0.276. The third-order valence-electron chi connectivity index (χ3n) is 6.27. The third-order valence-corrected chi connectivity index (χ3v) is 6.27. The van der Waals surface area contributed by atoms with Crippen molar-refractivity contribution in [1.29, 1.82) is 0 Å². The lowest BCUT2D eigenvalue weighted by Gasteiger charge is -2.46. The predicted molar refractivity (Wildman–Crippen MR) is 131 cm³/mol. The van der Waals surface area contributed by atoms with Crippen molar-refractivity contribution in [2.24, 2.45) is 0 Å². The molecule has 3 aromatic rings. The van der Waals surface area contributed by atoms with E-state index in [1.54, 1.807) is 35.2 Å². The quantitative estimate of drug-likeness (QED) is 0.527. The minimum Gasteiger partial charge on any atom is -0.382 e. The highest BCUT2D eigenvalue weighted by Crippen LogP contribution is 2.42. The average Bonchev–Trinajstić information content (AvgIpc) is 2.84. The van der Waals surface area contributed by atoms with Crippen molar-refractivity contribution < 1.29 is 23.1 Å². The van der Waals surface area contributed by atoms with Crippen molar-refractivity contribution in [3.63, 3.8) is 0 Å². The number of aliphatic hydroxyl groups excluding tert-OH is 1. The van der Waals surface area contributed by atoms with E-state index in [1.165, 1.54) is 7.05 Å². The highest BCUT2D eigenvalue weighted by atomic mass is 19.4. The van der Waals surface area contributed by atoms with Crippen LogP contribution < -0.4 is 15.1 Å². The van der Waals surface area contributed by atoms with E-state index in [1.807, 2.05) is 43.3 Å². The van der Waals surface area contributed by atoms with Crippen LogP contribution in [0.4, 0.5) is 24.5 Å². The Hall–Kier alpha value is -3.52. The molecule has 8 heteroatoms. The summed E-state index contributed by atoms with van der Waals surface area (Å²) in [6.45, 7) is 2.35. The summed E-state index contributed by atoms with van der Waals surface area (Å²) in [7, 11) is 1.53. The number of anilines is 2. The van der Waals surface area contributed by atoms with Crippen LogP contribution in [0.2, 0.25) is 0 Å². The van der Waals surface area contributed by atoms with Crippen LogP contribution in [-0.2, 0) is 6.54 Å². The van der Waals surface area contributed by atoms with Crippen molar-refractivity contribution in [2.75, 3.05) is 29.9 Å². The smallest absolute Gasteiger partial charge is 0.382 e. The average molecular weight is 484 g/mol. The Morgan fingerprint density at radius 2 is 1.77 bits per heavy atom. The lowest BCUT2D eigenvalue weighted by Crippen LogP contribution is -2.49. The number of amides is 1. The number of carbonyl (C=O) groups is 1. The van der Waals surface area contributed by atoms with E-state index in [4.69, 9.17) is 0 Å². The molecule has 0 spiro atoms. The van der Waals surface area contributed by atoms with Crippen molar-refractivity contribution in [2.45, 2.75) is 31.8 Å². The number of fused-ring (bicyclic) bond motifs is 1. The molecule has 1 aliphatic rings. The van der Waals surface area contributed by atoms with Gasteiger partial charge in [0.15, 0.2) is 6.10 Å². The van der Waals surface area contributed by atoms with Gasteiger partial charge in [-0.2, -0.15) is 13.2 Å². The van der Waals surface area contributed by atoms with Crippen LogP contribution in [0, 0.1) is 6.92 Å². The molecule has 4 rings (SSSR count). The molecule has 0 saturated heterocycles. The Kier molecular flexibility index (Phi) is 7.03. The van der Waals surface area contributed by atoms with Crippen LogP contribution >= 0.6 is 0 Å². The lowest BCUT2D eigenvalue weighted by atomic mass is 9.96. The summed E-state index contributed by atoms with van der Waals surface area (Å²) < 4.78 is 40.2. The zero-order chi connectivity index (χ0) is 25.2. The molecule has 5 nitrogen and oxygen atoms in total. The zero-order valence-corrected chi connectivity index (χ0v) is 19.6. The molecule has 0 fully saturated rings. The molecule has 184 valence electrons. The summed E-state index contributed by atoms with van der Waals surface area (Å²) >= 11 is 0. The standard InChI is InChI=1S/C27H28F3N3O2/c1-18-7-5-8-19(13-18)15-32-16-24(20-9-6-10-21(14-20)26(35)31-2)33(17-25(34)27(28,29)30)23-12-4-3-11-22(23)32/h3-14,24-25,34H,15-17H2,1-2H3,(H,31,35)/t24?,25-/m1/s1. The van der Waals surface area contributed by atoms with Crippen molar-refractivity contribution in [3.8, 4) is 0 Å². The second kappa shape index (κ2) is 10.00. The molecule has 0 radical (unpaired) electrons. The van der Waals surface area contributed by atoms with Gasteiger partial charge in [-0.05, 0) is 42.3 Å². The summed E-state index contributed by atoms with van der Waals surface area (Å²) in [5, 5.41) is 12.6. The van der Waals surface area contributed by atoms with E-state index in [0.29, 0.717) is 29.9 Å². The largest absolute Gasteiger partial charge is 0.416 e. The van der Waals surface area contributed by atoms with E-state index >= 15 is 0 Å². The third kappa shape index (κ3) is 5.43. The molecule has 3 aromatic carbocycles. The van der Waals surface area contributed by atoms with Crippen LogP contribution in [0.5, 0.6) is 0 Å². The SMILES string of the molecule is CNC(=O)c1cccc(C2CN(Cc3cccc(C)c3)c3ccccc3N2C[C@@H](O)C(F)(F)F)c1. The van der Waals surface area contributed by atoms with Crippen molar-refractivity contribution in [1.82, 2.24) is 5.32 Å². The lowest BCUT2D eigenvalue weighted by molar-refractivity contribution is -0.200. The fourth-order valence-corrected chi connectivity index (χ4v) is 4.56. The molecule has 0 saturated carbocycles. The van der Waals surface area contributed by atoms with Gasteiger partial charge in [0.2, 0.25) is 0 Å². The van der Waals surface area contributed by atoms with E-state index in [0.717, 1.165) is 16.8 Å². The van der Waals surface area contributed by atoms with E-state index in [9.17, 15) is 23.1 Å². The number of carbonyl (C=O) groups excluding carboxylic acids is 1. The molecule has 0 aliphatic carbocycles. The van der Waals surface area contributed by atoms with Gasteiger partial charge in [-0.1, -0.05) is 54.1 Å². The van der Waals surface area contributed by atoms with Gasteiger partial charge in [0.25, 0.3) is 5.91 Å². The molecular weight excluding hydrogens is 455 g/mol. The predicted octanol–water partition coefficient (Wildman–Crippen LogP) is 4.85. The fraction of sp³-hybridized carbons (Fsp3) is 0.296. The Balaban J connectivity index is 1.79. The molecule has 35 heavy (non-hydrogen) atoms. The van der Waals surface area contributed by atoms with Gasteiger partial charge in [-0.15, -0.1) is 0 Å². The number of hydrogen-bond acceptors (Lipinski definition) is 4. The number of halogens is 3. The summed E-state index contributed by atoms with van der Waals surface area (Å²) in [5.41, 5.74) is 4.72. The normalized spacial score (nSPS) is 16.6. The molecule has 1 aliphatic heterocycles. The van der Waals surface area contributed by atoms with Crippen LogP contribution in [0.1, 0.15) is 33.1 Å². The first-order chi connectivity index (χ1) is 16.7. The van der Waals surface area contributed by atoms with Gasteiger partial charge >= 0.3 is 6.18 Å². The molecule has 0 aromatic heterocycles. The minimum absolute atomic E-state index is 0.276. The first-order valence-corrected chi connectivity index (χ1v) is 11.4. The maximum Gasteiger partial charge on any atom is 0.416 e. The number of nitrogens with zero attached hydrogens (tertiary/aromatic N) is 2. The molecule has 1 unspecified atom stereocenters. The Morgan fingerprint density at radius 1 is 1.06 bits per heavy atom. The van der Waals surface area contributed by atoms with Gasteiger partial charge in [0.1, 0.15) is 0 Å². The molecule has 2 atom stereocenters. The second-order valence-corrected chi connectivity index (χ2v) is 8.79. The number of β-amino-alcohol motifs (C(OH)–C–C–N with tert-alkyl or cyclic N) is 1. The minimum atomic E-state index is -4.75.